The highest BCUT2D eigenvalue weighted by Crippen LogP contribution is 2.24. The van der Waals surface area contributed by atoms with Crippen LogP contribution in [-0.2, 0) is 5.41 Å². The summed E-state index contributed by atoms with van der Waals surface area (Å²) in [5, 5.41) is 4.55. The Balaban J connectivity index is 2.05. The van der Waals surface area contributed by atoms with Gasteiger partial charge in [-0.15, -0.1) is 0 Å². The summed E-state index contributed by atoms with van der Waals surface area (Å²) in [6, 6.07) is 11.9. The van der Waals surface area contributed by atoms with Crippen molar-refractivity contribution >= 4 is 5.65 Å². The average Bonchev–Trinajstić information content (AvgIpc) is 2.85. The standard InChI is InChI=1S/C15H16N4O/c1-15(2,3)12-9-13-16-10-17-14(19(13)18-12)20-11-7-5-4-6-8-11/h4-10H,1-3H3. The zero-order chi connectivity index (χ0) is 14.2. The van der Waals surface area contributed by atoms with E-state index in [9.17, 15) is 0 Å². The van der Waals surface area contributed by atoms with E-state index in [0.29, 0.717) is 6.01 Å². The summed E-state index contributed by atoms with van der Waals surface area (Å²) in [6.45, 7) is 6.33. The molecule has 102 valence electrons. The molecule has 0 spiro atoms. The highest BCUT2D eigenvalue weighted by atomic mass is 16.5. The summed E-state index contributed by atoms with van der Waals surface area (Å²) in [7, 11) is 0. The maximum absolute atomic E-state index is 5.77. The molecular weight excluding hydrogens is 252 g/mol. The van der Waals surface area contributed by atoms with Gasteiger partial charge in [0.1, 0.15) is 12.1 Å². The Hall–Kier alpha value is -2.43. The van der Waals surface area contributed by atoms with E-state index in [4.69, 9.17) is 4.74 Å². The second-order valence-electron chi connectivity index (χ2n) is 5.62. The lowest BCUT2D eigenvalue weighted by Crippen LogP contribution is -2.12. The predicted molar refractivity (Wildman–Crippen MR) is 76.0 cm³/mol. The van der Waals surface area contributed by atoms with Gasteiger partial charge in [-0.3, -0.25) is 0 Å². The third-order valence-corrected chi connectivity index (χ3v) is 2.95. The molecule has 0 aliphatic heterocycles. The molecule has 0 aliphatic rings. The summed E-state index contributed by atoms with van der Waals surface area (Å²) in [5.74, 6) is 0.723. The van der Waals surface area contributed by atoms with Crippen molar-refractivity contribution in [2.24, 2.45) is 0 Å². The molecular formula is C15H16N4O. The molecule has 0 N–H and O–H groups in total. The quantitative estimate of drug-likeness (QED) is 0.716. The third kappa shape index (κ3) is 2.34. The van der Waals surface area contributed by atoms with Gasteiger partial charge >= 0.3 is 6.01 Å². The van der Waals surface area contributed by atoms with Gasteiger partial charge in [-0.05, 0) is 12.1 Å². The van der Waals surface area contributed by atoms with E-state index in [0.717, 1.165) is 17.1 Å². The molecule has 5 heteroatoms. The summed E-state index contributed by atoms with van der Waals surface area (Å²) in [6.07, 6.45) is 1.49. The van der Waals surface area contributed by atoms with E-state index in [-0.39, 0.29) is 5.41 Å². The lowest BCUT2D eigenvalue weighted by atomic mass is 9.93. The average molecular weight is 268 g/mol. The smallest absolute Gasteiger partial charge is 0.326 e. The molecule has 0 saturated carbocycles. The largest absolute Gasteiger partial charge is 0.424 e. The molecule has 20 heavy (non-hydrogen) atoms. The fourth-order valence-electron chi connectivity index (χ4n) is 1.83. The fourth-order valence-corrected chi connectivity index (χ4v) is 1.83. The number of nitrogens with zero attached hydrogens (tertiary/aromatic N) is 4. The lowest BCUT2D eigenvalue weighted by Gasteiger charge is -2.13. The van der Waals surface area contributed by atoms with Gasteiger partial charge in [-0.25, -0.2) is 4.98 Å². The Bertz CT molecular complexity index is 728. The summed E-state index contributed by atoms with van der Waals surface area (Å²) < 4.78 is 7.40. The molecule has 0 unspecified atom stereocenters. The van der Waals surface area contributed by atoms with Crippen LogP contribution in [0.2, 0.25) is 0 Å². The number of fused-ring (bicyclic) bond motifs is 1. The van der Waals surface area contributed by atoms with Crippen LogP contribution in [0.1, 0.15) is 26.5 Å². The van der Waals surface area contributed by atoms with E-state index in [1.165, 1.54) is 6.33 Å². The molecule has 0 radical (unpaired) electrons. The van der Waals surface area contributed by atoms with E-state index in [2.05, 4.69) is 35.8 Å². The number of benzene rings is 1. The molecule has 2 heterocycles. The minimum Gasteiger partial charge on any atom is -0.424 e. The Labute approximate surface area is 117 Å². The molecule has 0 amide bonds. The molecule has 5 nitrogen and oxygen atoms in total. The van der Waals surface area contributed by atoms with E-state index in [1.807, 2.05) is 36.4 Å². The van der Waals surface area contributed by atoms with Crippen LogP contribution < -0.4 is 4.74 Å². The van der Waals surface area contributed by atoms with Crippen molar-refractivity contribution in [1.82, 2.24) is 19.6 Å². The maximum Gasteiger partial charge on any atom is 0.326 e. The van der Waals surface area contributed by atoms with Crippen molar-refractivity contribution in [3.05, 3.63) is 48.4 Å². The number of hydrogen-bond acceptors (Lipinski definition) is 4. The van der Waals surface area contributed by atoms with Gasteiger partial charge in [-0.1, -0.05) is 39.0 Å². The monoisotopic (exact) mass is 268 g/mol. The highest BCUT2D eigenvalue weighted by molar-refractivity contribution is 5.42. The van der Waals surface area contributed by atoms with E-state index in [1.54, 1.807) is 4.52 Å². The van der Waals surface area contributed by atoms with Crippen LogP contribution in [0.5, 0.6) is 11.8 Å². The van der Waals surface area contributed by atoms with Gasteiger partial charge in [0.05, 0.1) is 5.69 Å². The lowest BCUT2D eigenvalue weighted by molar-refractivity contribution is 0.420. The number of hydrogen-bond donors (Lipinski definition) is 0. The van der Waals surface area contributed by atoms with Crippen LogP contribution in [0, 0.1) is 0 Å². The van der Waals surface area contributed by atoms with Crippen molar-refractivity contribution in [3.8, 4) is 11.8 Å². The molecule has 0 atom stereocenters. The highest BCUT2D eigenvalue weighted by Gasteiger charge is 2.19. The minimum absolute atomic E-state index is 0.0439. The van der Waals surface area contributed by atoms with Crippen LogP contribution in [0.25, 0.3) is 5.65 Å². The SMILES string of the molecule is CC(C)(C)c1cc2ncnc(Oc3ccccc3)n2n1. The van der Waals surface area contributed by atoms with E-state index < -0.39 is 0 Å². The van der Waals surface area contributed by atoms with Gasteiger partial charge in [0.15, 0.2) is 5.65 Å². The first-order chi connectivity index (χ1) is 9.54. The molecule has 2 aromatic heterocycles. The zero-order valence-electron chi connectivity index (χ0n) is 11.7. The fraction of sp³-hybridized carbons (Fsp3) is 0.267. The van der Waals surface area contributed by atoms with Gasteiger partial charge < -0.3 is 4.74 Å². The number of rotatable bonds is 2. The van der Waals surface area contributed by atoms with Crippen LogP contribution in [-0.4, -0.2) is 19.6 Å². The Morgan fingerprint density at radius 1 is 1.05 bits per heavy atom. The van der Waals surface area contributed by atoms with Crippen molar-refractivity contribution in [2.75, 3.05) is 0 Å². The number of ether oxygens (including phenoxy) is 1. The Kier molecular flexibility index (Phi) is 2.89. The molecule has 0 saturated heterocycles. The summed E-state index contributed by atoms with van der Waals surface area (Å²) in [4.78, 5) is 8.39. The first-order valence-corrected chi connectivity index (χ1v) is 6.48. The van der Waals surface area contributed by atoms with Crippen LogP contribution in [0.15, 0.2) is 42.7 Å². The third-order valence-electron chi connectivity index (χ3n) is 2.95. The zero-order valence-corrected chi connectivity index (χ0v) is 11.7. The first kappa shape index (κ1) is 12.6. The van der Waals surface area contributed by atoms with Gasteiger partial charge in [0.2, 0.25) is 0 Å². The summed E-state index contributed by atoms with van der Waals surface area (Å²) >= 11 is 0. The molecule has 3 aromatic rings. The Morgan fingerprint density at radius 3 is 2.50 bits per heavy atom. The molecule has 3 rings (SSSR count). The number of aromatic nitrogens is 4. The van der Waals surface area contributed by atoms with Crippen molar-refractivity contribution in [3.63, 3.8) is 0 Å². The van der Waals surface area contributed by atoms with Gasteiger partial charge in [-0.2, -0.15) is 14.6 Å². The maximum atomic E-state index is 5.77. The first-order valence-electron chi connectivity index (χ1n) is 6.48. The second-order valence-corrected chi connectivity index (χ2v) is 5.62. The topological polar surface area (TPSA) is 52.3 Å². The normalized spacial score (nSPS) is 11.8. The second kappa shape index (κ2) is 4.59. The van der Waals surface area contributed by atoms with Crippen molar-refractivity contribution in [2.45, 2.75) is 26.2 Å². The van der Waals surface area contributed by atoms with E-state index >= 15 is 0 Å². The molecule has 0 bridgehead atoms. The molecule has 0 fully saturated rings. The predicted octanol–water partition coefficient (Wildman–Crippen LogP) is 3.21. The van der Waals surface area contributed by atoms with Crippen LogP contribution in [0.3, 0.4) is 0 Å². The van der Waals surface area contributed by atoms with Gasteiger partial charge in [0, 0.05) is 11.5 Å². The summed E-state index contributed by atoms with van der Waals surface area (Å²) in [5.41, 5.74) is 1.64. The van der Waals surface area contributed by atoms with Gasteiger partial charge in [0.25, 0.3) is 0 Å². The minimum atomic E-state index is -0.0439. The number of para-hydroxylation sites is 1. The van der Waals surface area contributed by atoms with Crippen molar-refractivity contribution < 1.29 is 4.74 Å². The molecule has 0 aliphatic carbocycles. The molecule has 1 aromatic carbocycles. The van der Waals surface area contributed by atoms with Crippen LogP contribution in [0.4, 0.5) is 0 Å². The Morgan fingerprint density at radius 2 is 1.80 bits per heavy atom. The van der Waals surface area contributed by atoms with Crippen LogP contribution >= 0.6 is 0 Å². The van der Waals surface area contributed by atoms with Crippen molar-refractivity contribution in [1.29, 1.82) is 0 Å².